The molecule has 1 atom stereocenters. The highest BCUT2D eigenvalue weighted by atomic mass is 79.9. The number of carbonyl (C=O) groups excluding carboxylic acids is 1. The Morgan fingerprint density at radius 2 is 1.33 bits per heavy atom. The van der Waals surface area contributed by atoms with Crippen molar-refractivity contribution in [1.82, 2.24) is 5.32 Å². The van der Waals surface area contributed by atoms with Crippen LogP contribution < -0.4 is 11.1 Å². The molecule has 0 aromatic rings. The first-order valence-corrected chi connectivity index (χ1v) is 14.5. The summed E-state index contributed by atoms with van der Waals surface area (Å²) in [4.78, 5) is 13.3. The smallest absolute Gasteiger partial charge is 0.226 e. The lowest BCUT2D eigenvalue weighted by Gasteiger charge is -2.55. The van der Waals surface area contributed by atoms with E-state index in [0.29, 0.717) is 11.8 Å². The molecule has 194 valence electrons. The Morgan fingerprint density at radius 3 is 1.82 bits per heavy atom. The molecule has 4 rings (SSSR count). The highest BCUT2D eigenvalue weighted by Crippen LogP contribution is 2.60. The average Bonchev–Trinajstić information content (AvgIpc) is 2.78. The second-order valence-corrected chi connectivity index (χ2v) is 12.1. The molecule has 4 saturated carbocycles. The van der Waals surface area contributed by atoms with Gasteiger partial charge < -0.3 is 11.1 Å². The maximum atomic E-state index is 13.3. The van der Waals surface area contributed by atoms with Crippen molar-refractivity contribution in [3.63, 3.8) is 0 Å². The van der Waals surface area contributed by atoms with Crippen LogP contribution in [0.1, 0.15) is 136 Å². The van der Waals surface area contributed by atoms with Crippen molar-refractivity contribution >= 4 is 22.9 Å². The van der Waals surface area contributed by atoms with Gasteiger partial charge in [0, 0.05) is 17.5 Å². The molecule has 0 aliphatic heterocycles. The van der Waals surface area contributed by atoms with Gasteiger partial charge in [-0.05, 0) is 87.9 Å². The standard InChI is InChI=1S/C29H54N2O.BrH/c1-4-7-8-9-10-11-12-13-14-26(29(30,5-2)6-3)15-16-31-27(32)28-20-23-17-24(21-28)19-25(18-23)22-28;/h23-26H,4-22,30H2,1-3H3,(H,31,32);1H. The molecular formula is C29H55BrN2O. The fourth-order valence-electron chi connectivity index (χ4n) is 8.01. The molecule has 4 aliphatic carbocycles. The van der Waals surface area contributed by atoms with Crippen LogP contribution in [-0.2, 0) is 4.79 Å². The summed E-state index contributed by atoms with van der Waals surface area (Å²) in [5, 5.41) is 3.43. The van der Waals surface area contributed by atoms with Crippen LogP contribution in [0.15, 0.2) is 0 Å². The SMILES string of the molecule is Br.CCCCCCCCCCC(CCNC(=O)C12CC3CC(CC(C3)C1)C2)C(N)(CC)CC. The van der Waals surface area contributed by atoms with Gasteiger partial charge in [-0.1, -0.05) is 72.1 Å². The lowest BCUT2D eigenvalue weighted by Crippen LogP contribution is -2.54. The van der Waals surface area contributed by atoms with Gasteiger partial charge in [0.25, 0.3) is 0 Å². The van der Waals surface area contributed by atoms with Crippen molar-refractivity contribution in [3.05, 3.63) is 0 Å². The van der Waals surface area contributed by atoms with Gasteiger partial charge in [-0.25, -0.2) is 0 Å². The lowest BCUT2D eigenvalue weighted by atomic mass is 9.49. The molecule has 0 aromatic carbocycles. The summed E-state index contributed by atoms with van der Waals surface area (Å²) in [5.41, 5.74) is 6.79. The molecule has 1 unspecified atom stereocenters. The van der Waals surface area contributed by atoms with Crippen LogP contribution in [0.5, 0.6) is 0 Å². The van der Waals surface area contributed by atoms with Gasteiger partial charge in [0.05, 0.1) is 0 Å². The molecule has 4 heteroatoms. The Balaban J connectivity index is 0.00000385. The molecule has 3 nitrogen and oxygen atoms in total. The highest BCUT2D eigenvalue weighted by molar-refractivity contribution is 8.93. The fourth-order valence-corrected chi connectivity index (χ4v) is 8.01. The molecule has 4 fully saturated rings. The van der Waals surface area contributed by atoms with Crippen LogP contribution in [0.4, 0.5) is 0 Å². The maximum absolute atomic E-state index is 13.3. The van der Waals surface area contributed by atoms with Gasteiger partial charge in [0.1, 0.15) is 0 Å². The first kappa shape index (κ1) is 29.1. The average molecular weight is 528 g/mol. The maximum Gasteiger partial charge on any atom is 0.226 e. The second-order valence-electron chi connectivity index (χ2n) is 12.1. The van der Waals surface area contributed by atoms with Crippen molar-refractivity contribution in [3.8, 4) is 0 Å². The monoisotopic (exact) mass is 526 g/mol. The van der Waals surface area contributed by atoms with Gasteiger partial charge in [-0.2, -0.15) is 0 Å². The number of unbranched alkanes of at least 4 members (excludes halogenated alkanes) is 7. The normalized spacial score (nSPS) is 29.0. The molecule has 4 aliphatic rings. The molecular weight excluding hydrogens is 472 g/mol. The Hall–Kier alpha value is -0.0900. The first-order valence-electron chi connectivity index (χ1n) is 14.5. The van der Waals surface area contributed by atoms with Crippen LogP contribution >= 0.6 is 17.0 Å². The minimum absolute atomic E-state index is 0. The van der Waals surface area contributed by atoms with E-state index in [9.17, 15) is 4.79 Å². The molecule has 0 heterocycles. The topological polar surface area (TPSA) is 55.1 Å². The van der Waals surface area contributed by atoms with Gasteiger partial charge in [0.15, 0.2) is 0 Å². The van der Waals surface area contributed by atoms with E-state index >= 15 is 0 Å². The molecule has 1 amide bonds. The van der Waals surface area contributed by atoms with E-state index in [1.165, 1.54) is 77.0 Å². The van der Waals surface area contributed by atoms with E-state index < -0.39 is 0 Å². The minimum Gasteiger partial charge on any atom is -0.356 e. The van der Waals surface area contributed by atoms with Crippen LogP contribution in [0, 0.1) is 29.1 Å². The second kappa shape index (κ2) is 13.9. The van der Waals surface area contributed by atoms with Crippen LogP contribution in [0.3, 0.4) is 0 Å². The number of carbonyl (C=O) groups is 1. The fraction of sp³-hybridized carbons (Fsp3) is 0.966. The van der Waals surface area contributed by atoms with E-state index in [1.807, 2.05) is 0 Å². The number of hydrogen-bond donors (Lipinski definition) is 2. The van der Waals surface area contributed by atoms with Crippen molar-refractivity contribution < 1.29 is 4.79 Å². The minimum atomic E-state index is -0.0768. The summed E-state index contributed by atoms with van der Waals surface area (Å²) in [6, 6.07) is 0. The third-order valence-electron chi connectivity index (χ3n) is 9.83. The van der Waals surface area contributed by atoms with Crippen LogP contribution in [0.2, 0.25) is 0 Å². The summed E-state index contributed by atoms with van der Waals surface area (Å²) in [7, 11) is 0. The van der Waals surface area contributed by atoms with Gasteiger partial charge in [0.2, 0.25) is 5.91 Å². The Morgan fingerprint density at radius 1 is 0.848 bits per heavy atom. The summed E-state index contributed by atoms with van der Waals surface area (Å²) in [5.74, 6) is 3.41. The summed E-state index contributed by atoms with van der Waals surface area (Å²) in [6.07, 6.45) is 22.9. The van der Waals surface area contributed by atoms with Gasteiger partial charge in [-0.3, -0.25) is 4.79 Å². The number of hydrogen-bond acceptors (Lipinski definition) is 2. The predicted octanol–water partition coefficient (Wildman–Crippen LogP) is 7.95. The number of nitrogens with one attached hydrogen (secondary N) is 1. The molecule has 4 bridgehead atoms. The van der Waals surface area contributed by atoms with E-state index in [0.717, 1.165) is 62.8 Å². The zero-order chi connectivity index (χ0) is 23.0. The van der Waals surface area contributed by atoms with E-state index in [-0.39, 0.29) is 27.9 Å². The molecule has 0 aromatic heterocycles. The summed E-state index contributed by atoms with van der Waals surface area (Å²) in [6.45, 7) is 7.60. The summed E-state index contributed by atoms with van der Waals surface area (Å²) >= 11 is 0. The number of rotatable bonds is 16. The third-order valence-corrected chi connectivity index (χ3v) is 9.83. The molecule has 33 heavy (non-hydrogen) atoms. The number of nitrogens with two attached hydrogens (primary N) is 1. The zero-order valence-electron chi connectivity index (χ0n) is 22.1. The Kier molecular flexibility index (Phi) is 12.2. The van der Waals surface area contributed by atoms with Crippen LogP contribution in [0.25, 0.3) is 0 Å². The van der Waals surface area contributed by atoms with Gasteiger partial charge >= 0.3 is 0 Å². The third kappa shape index (κ3) is 7.69. The number of halogens is 1. The Bertz CT molecular complexity index is 539. The molecule has 0 radical (unpaired) electrons. The van der Waals surface area contributed by atoms with Crippen molar-refractivity contribution in [2.24, 2.45) is 34.8 Å². The molecule has 0 saturated heterocycles. The Labute approximate surface area is 216 Å². The largest absolute Gasteiger partial charge is 0.356 e. The van der Waals surface area contributed by atoms with Crippen molar-refractivity contribution in [1.29, 1.82) is 0 Å². The van der Waals surface area contributed by atoms with Crippen molar-refractivity contribution in [2.75, 3.05) is 6.54 Å². The zero-order valence-corrected chi connectivity index (χ0v) is 23.9. The van der Waals surface area contributed by atoms with E-state index in [2.05, 4.69) is 26.1 Å². The highest BCUT2D eigenvalue weighted by Gasteiger charge is 2.54. The first-order chi connectivity index (χ1) is 15.4. The summed E-state index contributed by atoms with van der Waals surface area (Å²) < 4.78 is 0. The molecule has 3 N–H and O–H groups in total. The lowest BCUT2D eigenvalue weighted by molar-refractivity contribution is -0.146. The number of amides is 1. The van der Waals surface area contributed by atoms with E-state index in [4.69, 9.17) is 5.73 Å². The van der Waals surface area contributed by atoms with Crippen LogP contribution in [-0.4, -0.2) is 18.0 Å². The molecule has 0 spiro atoms. The van der Waals surface area contributed by atoms with E-state index in [1.54, 1.807) is 0 Å². The quantitative estimate of drug-likeness (QED) is 0.200. The van der Waals surface area contributed by atoms with Gasteiger partial charge in [-0.15, -0.1) is 17.0 Å². The van der Waals surface area contributed by atoms with Crippen molar-refractivity contribution in [2.45, 2.75) is 142 Å². The predicted molar refractivity (Wildman–Crippen MR) is 147 cm³/mol.